The fourth-order valence-electron chi connectivity index (χ4n) is 0.812. The fourth-order valence-corrected chi connectivity index (χ4v) is 1.71. The molecule has 2 nitrogen and oxygen atoms in total. The Hall–Kier alpha value is -0.830. The van der Waals surface area contributed by atoms with Crippen molar-refractivity contribution in [3.63, 3.8) is 0 Å². The number of hydrogen-bond acceptors (Lipinski definition) is 3. The van der Waals surface area contributed by atoms with Crippen LogP contribution >= 0.6 is 11.8 Å². The minimum atomic E-state index is 0.472. The van der Waals surface area contributed by atoms with Gasteiger partial charge in [0.1, 0.15) is 0 Å². The zero-order valence-electron chi connectivity index (χ0n) is 7.97. The highest BCUT2D eigenvalue weighted by Gasteiger charge is 2.11. The Morgan fingerprint density at radius 2 is 2.00 bits per heavy atom. The first-order valence-electron chi connectivity index (χ1n) is 4.30. The summed E-state index contributed by atoms with van der Waals surface area (Å²) in [7, 11) is 0. The van der Waals surface area contributed by atoms with Gasteiger partial charge in [0.2, 0.25) is 0 Å². The molecule has 0 aliphatic carbocycles. The third-order valence-corrected chi connectivity index (χ3v) is 3.17. The van der Waals surface area contributed by atoms with Gasteiger partial charge in [0.05, 0.1) is 0 Å². The Kier molecular flexibility index (Phi) is 3.96. The van der Waals surface area contributed by atoms with Crippen LogP contribution in [0.3, 0.4) is 0 Å². The van der Waals surface area contributed by atoms with E-state index in [1.807, 2.05) is 12.1 Å². The predicted octanol–water partition coefficient (Wildman–Crippen LogP) is 2.78. The van der Waals surface area contributed by atoms with Crippen LogP contribution in [0.25, 0.3) is 0 Å². The van der Waals surface area contributed by atoms with Gasteiger partial charge in [0.25, 0.3) is 0 Å². The molecular formula is C10H14N2S. The van der Waals surface area contributed by atoms with Gasteiger partial charge in [-0.1, -0.05) is 31.7 Å². The van der Waals surface area contributed by atoms with Crippen LogP contribution in [0.4, 0.5) is 0 Å². The summed E-state index contributed by atoms with van der Waals surface area (Å²) in [6.07, 6.45) is 5.49. The molecule has 1 aromatic rings. The lowest BCUT2D eigenvalue weighted by Crippen LogP contribution is -2.07. The van der Waals surface area contributed by atoms with Crippen molar-refractivity contribution in [2.24, 2.45) is 5.92 Å². The second-order valence-corrected chi connectivity index (χ2v) is 4.29. The van der Waals surface area contributed by atoms with Crippen molar-refractivity contribution in [3.8, 4) is 0 Å². The Morgan fingerprint density at radius 3 is 2.54 bits per heavy atom. The number of thioether (sulfide) groups is 1. The van der Waals surface area contributed by atoms with Crippen LogP contribution in [0, 0.1) is 5.92 Å². The summed E-state index contributed by atoms with van der Waals surface area (Å²) in [5.74, 6) is 0.480. The molecule has 0 fully saturated rings. The minimum absolute atomic E-state index is 0.472. The number of nitrogens with zero attached hydrogens (tertiary/aromatic N) is 2. The topological polar surface area (TPSA) is 25.8 Å². The van der Waals surface area contributed by atoms with E-state index in [2.05, 4.69) is 30.4 Å². The summed E-state index contributed by atoms with van der Waals surface area (Å²) < 4.78 is 0. The maximum absolute atomic E-state index is 4.15. The smallest absolute Gasteiger partial charge is 0.187 e. The number of hydrogen-bond donors (Lipinski definition) is 0. The molecule has 2 atom stereocenters. The Labute approximate surface area is 83.5 Å². The Bertz CT molecular complexity index is 261. The highest BCUT2D eigenvalue weighted by atomic mass is 32.2. The van der Waals surface area contributed by atoms with E-state index in [1.54, 1.807) is 24.2 Å². The van der Waals surface area contributed by atoms with Gasteiger partial charge in [-0.05, 0) is 12.0 Å². The predicted molar refractivity (Wildman–Crippen MR) is 56.7 cm³/mol. The van der Waals surface area contributed by atoms with E-state index in [0.717, 1.165) is 5.16 Å². The van der Waals surface area contributed by atoms with E-state index in [4.69, 9.17) is 0 Å². The van der Waals surface area contributed by atoms with Crippen molar-refractivity contribution < 1.29 is 0 Å². The van der Waals surface area contributed by atoms with Gasteiger partial charge in [-0.15, -0.1) is 6.58 Å². The van der Waals surface area contributed by atoms with Gasteiger partial charge < -0.3 is 0 Å². The van der Waals surface area contributed by atoms with Gasteiger partial charge in [0, 0.05) is 17.6 Å². The summed E-state index contributed by atoms with van der Waals surface area (Å²) in [6.45, 7) is 8.08. The van der Waals surface area contributed by atoms with E-state index < -0.39 is 0 Å². The molecule has 1 rings (SSSR count). The molecule has 0 spiro atoms. The van der Waals surface area contributed by atoms with Crippen LogP contribution in [0.15, 0.2) is 36.3 Å². The molecule has 0 radical (unpaired) electrons. The Balaban J connectivity index is 2.54. The SMILES string of the molecule is C=CC(C)C(C)Sc1ncccn1. The number of rotatable bonds is 4. The summed E-state index contributed by atoms with van der Waals surface area (Å²) in [6, 6.07) is 1.83. The molecule has 2 unspecified atom stereocenters. The second-order valence-electron chi connectivity index (χ2n) is 2.95. The zero-order valence-corrected chi connectivity index (χ0v) is 8.79. The zero-order chi connectivity index (χ0) is 9.68. The highest BCUT2D eigenvalue weighted by Crippen LogP contribution is 2.24. The van der Waals surface area contributed by atoms with Crippen LogP contribution < -0.4 is 0 Å². The van der Waals surface area contributed by atoms with Gasteiger partial charge >= 0.3 is 0 Å². The van der Waals surface area contributed by atoms with Crippen molar-refractivity contribution in [3.05, 3.63) is 31.1 Å². The first-order chi connectivity index (χ1) is 6.24. The van der Waals surface area contributed by atoms with E-state index in [-0.39, 0.29) is 0 Å². The largest absolute Gasteiger partial charge is 0.231 e. The third kappa shape index (κ3) is 3.19. The summed E-state index contributed by atoms with van der Waals surface area (Å²) >= 11 is 1.68. The van der Waals surface area contributed by atoms with Crippen molar-refractivity contribution in [2.45, 2.75) is 24.3 Å². The van der Waals surface area contributed by atoms with E-state index >= 15 is 0 Å². The van der Waals surface area contributed by atoms with Crippen LogP contribution in [0.2, 0.25) is 0 Å². The summed E-state index contributed by atoms with van der Waals surface area (Å²) in [5.41, 5.74) is 0. The molecule has 1 aromatic heterocycles. The fraction of sp³-hybridized carbons (Fsp3) is 0.400. The molecule has 0 N–H and O–H groups in total. The second kappa shape index (κ2) is 5.02. The monoisotopic (exact) mass is 194 g/mol. The average molecular weight is 194 g/mol. The van der Waals surface area contributed by atoms with Crippen LogP contribution in [-0.4, -0.2) is 15.2 Å². The number of allylic oxidation sites excluding steroid dienone is 1. The molecule has 0 amide bonds. The van der Waals surface area contributed by atoms with Crippen LogP contribution in [-0.2, 0) is 0 Å². The molecule has 0 aliphatic heterocycles. The van der Waals surface area contributed by atoms with Crippen LogP contribution in [0.5, 0.6) is 0 Å². The molecule has 3 heteroatoms. The van der Waals surface area contributed by atoms with Gasteiger partial charge in [0.15, 0.2) is 5.16 Å². The minimum Gasteiger partial charge on any atom is -0.231 e. The van der Waals surface area contributed by atoms with Crippen molar-refractivity contribution in [1.29, 1.82) is 0 Å². The lowest BCUT2D eigenvalue weighted by atomic mass is 10.1. The average Bonchev–Trinajstić information content (AvgIpc) is 2.18. The molecule has 70 valence electrons. The molecule has 0 saturated heterocycles. The standard InChI is InChI=1S/C10H14N2S/c1-4-8(2)9(3)13-10-11-6-5-7-12-10/h4-9H,1H2,2-3H3. The first kappa shape index (κ1) is 10.3. The summed E-state index contributed by atoms with van der Waals surface area (Å²) in [4.78, 5) is 8.31. The van der Waals surface area contributed by atoms with Gasteiger partial charge in [-0.3, -0.25) is 0 Å². The van der Waals surface area contributed by atoms with Crippen molar-refractivity contribution in [2.75, 3.05) is 0 Å². The van der Waals surface area contributed by atoms with E-state index in [0.29, 0.717) is 11.2 Å². The first-order valence-corrected chi connectivity index (χ1v) is 5.18. The molecule has 1 heterocycles. The van der Waals surface area contributed by atoms with Gasteiger partial charge in [-0.2, -0.15) is 0 Å². The van der Waals surface area contributed by atoms with Crippen LogP contribution in [0.1, 0.15) is 13.8 Å². The van der Waals surface area contributed by atoms with E-state index in [1.165, 1.54) is 0 Å². The molecule has 0 aliphatic rings. The maximum atomic E-state index is 4.15. The summed E-state index contributed by atoms with van der Waals surface area (Å²) in [5, 5.41) is 1.31. The molecule has 13 heavy (non-hydrogen) atoms. The maximum Gasteiger partial charge on any atom is 0.187 e. The highest BCUT2D eigenvalue weighted by molar-refractivity contribution is 7.99. The van der Waals surface area contributed by atoms with E-state index in [9.17, 15) is 0 Å². The van der Waals surface area contributed by atoms with Crippen molar-refractivity contribution >= 4 is 11.8 Å². The van der Waals surface area contributed by atoms with Gasteiger partial charge in [-0.25, -0.2) is 9.97 Å². The normalized spacial score (nSPS) is 14.9. The quantitative estimate of drug-likeness (QED) is 0.419. The molecular weight excluding hydrogens is 180 g/mol. The third-order valence-electron chi connectivity index (χ3n) is 1.95. The number of aromatic nitrogens is 2. The molecule has 0 saturated carbocycles. The Morgan fingerprint density at radius 1 is 1.38 bits per heavy atom. The lowest BCUT2D eigenvalue weighted by Gasteiger charge is -2.13. The van der Waals surface area contributed by atoms with Crippen molar-refractivity contribution in [1.82, 2.24) is 9.97 Å². The molecule has 0 aromatic carbocycles. The molecule has 0 bridgehead atoms. The lowest BCUT2D eigenvalue weighted by molar-refractivity contribution is 0.714.